The van der Waals surface area contributed by atoms with Crippen molar-refractivity contribution in [3.8, 4) is 5.75 Å². The number of nitrogens with zero attached hydrogens (tertiary/aromatic N) is 1. The van der Waals surface area contributed by atoms with Gasteiger partial charge in [0.1, 0.15) is 5.75 Å². The fourth-order valence-electron chi connectivity index (χ4n) is 3.41. The van der Waals surface area contributed by atoms with Gasteiger partial charge in [0.15, 0.2) is 0 Å². The van der Waals surface area contributed by atoms with Crippen molar-refractivity contribution >= 4 is 0 Å². The van der Waals surface area contributed by atoms with Gasteiger partial charge in [-0.3, -0.25) is 4.90 Å². The number of methoxy groups -OCH3 is 1. The molecule has 3 nitrogen and oxygen atoms in total. The topological polar surface area (TPSA) is 32.7 Å². The number of ether oxygens (including phenoxy) is 1. The van der Waals surface area contributed by atoms with E-state index < -0.39 is 0 Å². The second-order valence-corrected chi connectivity index (χ2v) is 5.39. The highest BCUT2D eigenvalue weighted by molar-refractivity contribution is 5.42. The summed E-state index contributed by atoms with van der Waals surface area (Å²) in [6.45, 7) is 2.13. The Bertz CT molecular complexity index is 433. The lowest BCUT2D eigenvalue weighted by Crippen LogP contribution is -2.30. The van der Waals surface area contributed by atoms with Gasteiger partial charge in [-0.05, 0) is 42.9 Å². The molecule has 18 heavy (non-hydrogen) atoms. The van der Waals surface area contributed by atoms with Gasteiger partial charge >= 0.3 is 0 Å². The Labute approximate surface area is 108 Å². The predicted octanol–water partition coefficient (Wildman–Crippen LogP) is 2.49. The summed E-state index contributed by atoms with van der Waals surface area (Å²) in [6.07, 6.45) is 4.89. The number of phenolic OH excluding ortho intramolecular Hbond substituents is 1. The minimum Gasteiger partial charge on any atom is -0.508 e. The van der Waals surface area contributed by atoms with Gasteiger partial charge in [0.25, 0.3) is 0 Å². The monoisotopic (exact) mass is 247 g/mol. The molecule has 1 heterocycles. The fraction of sp³-hybridized carbons (Fsp3) is 0.600. The number of fused-ring (bicyclic) bond motifs is 1. The van der Waals surface area contributed by atoms with Crippen molar-refractivity contribution in [3.63, 3.8) is 0 Å². The van der Waals surface area contributed by atoms with Crippen LogP contribution in [-0.4, -0.2) is 36.3 Å². The van der Waals surface area contributed by atoms with Crippen molar-refractivity contribution in [1.29, 1.82) is 0 Å². The van der Waals surface area contributed by atoms with Crippen LogP contribution in [0, 0.1) is 0 Å². The Morgan fingerprint density at radius 2 is 2.22 bits per heavy atom. The van der Waals surface area contributed by atoms with Gasteiger partial charge in [-0.15, -0.1) is 0 Å². The van der Waals surface area contributed by atoms with E-state index in [-0.39, 0.29) is 0 Å². The zero-order chi connectivity index (χ0) is 12.5. The Hall–Kier alpha value is -1.06. The van der Waals surface area contributed by atoms with Gasteiger partial charge in [0.2, 0.25) is 0 Å². The number of phenols is 1. The lowest BCUT2D eigenvalue weighted by atomic mass is 9.86. The van der Waals surface area contributed by atoms with E-state index in [2.05, 4.69) is 11.0 Å². The molecule has 1 aliphatic carbocycles. The van der Waals surface area contributed by atoms with Crippen molar-refractivity contribution in [2.24, 2.45) is 0 Å². The van der Waals surface area contributed by atoms with Crippen LogP contribution in [0.2, 0.25) is 0 Å². The van der Waals surface area contributed by atoms with Crippen LogP contribution in [0.25, 0.3) is 0 Å². The van der Waals surface area contributed by atoms with E-state index in [9.17, 15) is 5.11 Å². The van der Waals surface area contributed by atoms with Crippen LogP contribution < -0.4 is 0 Å². The van der Waals surface area contributed by atoms with Gasteiger partial charge in [-0.1, -0.05) is 12.1 Å². The zero-order valence-corrected chi connectivity index (χ0v) is 10.9. The molecular formula is C15H21NO2. The maximum Gasteiger partial charge on any atom is 0.119 e. The largest absolute Gasteiger partial charge is 0.508 e. The standard InChI is InChI=1S/C15H21NO2/c1-18-11-8-9-16(10-11)14-6-2-5-13-12(14)4-3-7-15(13)17/h3-4,7,11,14,17H,2,5-6,8-10H2,1H3. The average Bonchev–Trinajstić information content (AvgIpc) is 2.87. The van der Waals surface area contributed by atoms with Crippen LogP contribution in [-0.2, 0) is 11.2 Å². The summed E-state index contributed by atoms with van der Waals surface area (Å²) in [5, 5.41) is 9.97. The van der Waals surface area contributed by atoms with Crippen molar-refractivity contribution in [3.05, 3.63) is 29.3 Å². The van der Waals surface area contributed by atoms with Crippen LogP contribution in [0.5, 0.6) is 5.75 Å². The Balaban J connectivity index is 1.86. The van der Waals surface area contributed by atoms with E-state index in [1.165, 1.54) is 18.4 Å². The van der Waals surface area contributed by atoms with E-state index in [0.29, 0.717) is 17.9 Å². The highest BCUT2D eigenvalue weighted by Crippen LogP contribution is 2.39. The second-order valence-electron chi connectivity index (χ2n) is 5.39. The molecule has 2 atom stereocenters. The first kappa shape index (κ1) is 12.0. The molecule has 98 valence electrons. The Morgan fingerprint density at radius 1 is 1.33 bits per heavy atom. The molecule has 3 rings (SSSR count). The third-order valence-corrected chi connectivity index (χ3v) is 4.40. The highest BCUT2D eigenvalue weighted by atomic mass is 16.5. The number of benzene rings is 1. The third-order valence-electron chi connectivity index (χ3n) is 4.40. The summed E-state index contributed by atoms with van der Waals surface area (Å²) in [5.41, 5.74) is 2.49. The summed E-state index contributed by atoms with van der Waals surface area (Å²) in [6, 6.07) is 6.43. The summed E-state index contributed by atoms with van der Waals surface area (Å²) < 4.78 is 5.45. The molecule has 0 spiro atoms. The van der Waals surface area contributed by atoms with Crippen molar-refractivity contribution in [2.45, 2.75) is 37.8 Å². The first-order chi connectivity index (χ1) is 8.79. The average molecular weight is 247 g/mol. The molecule has 1 saturated heterocycles. The van der Waals surface area contributed by atoms with Crippen LogP contribution >= 0.6 is 0 Å². The highest BCUT2D eigenvalue weighted by Gasteiger charge is 2.32. The number of aromatic hydroxyl groups is 1. The van der Waals surface area contributed by atoms with Gasteiger partial charge in [0, 0.05) is 26.2 Å². The van der Waals surface area contributed by atoms with E-state index in [1.54, 1.807) is 7.11 Å². The van der Waals surface area contributed by atoms with Crippen LogP contribution in [0.1, 0.15) is 36.4 Å². The number of hydrogen-bond acceptors (Lipinski definition) is 3. The Kier molecular flexibility index (Phi) is 3.27. The zero-order valence-electron chi connectivity index (χ0n) is 10.9. The van der Waals surface area contributed by atoms with E-state index in [0.717, 1.165) is 31.5 Å². The van der Waals surface area contributed by atoms with Crippen molar-refractivity contribution < 1.29 is 9.84 Å². The lowest BCUT2D eigenvalue weighted by molar-refractivity contribution is 0.0985. The summed E-state index contributed by atoms with van der Waals surface area (Å²) in [5.74, 6) is 0.472. The minimum absolute atomic E-state index is 0.382. The van der Waals surface area contributed by atoms with Crippen LogP contribution in [0.15, 0.2) is 18.2 Å². The number of hydrogen-bond donors (Lipinski definition) is 1. The van der Waals surface area contributed by atoms with Gasteiger partial charge < -0.3 is 9.84 Å². The molecule has 0 bridgehead atoms. The molecule has 0 saturated carbocycles. The quantitative estimate of drug-likeness (QED) is 0.871. The Morgan fingerprint density at radius 3 is 3.00 bits per heavy atom. The lowest BCUT2D eigenvalue weighted by Gasteiger charge is -2.33. The normalized spacial score (nSPS) is 28.3. The molecule has 3 heteroatoms. The molecule has 2 unspecified atom stereocenters. The van der Waals surface area contributed by atoms with Gasteiger partial charge in [0.05, 0.1) is 6.10 Å². The van der Waals surface area contributed by atoms with Crippen molar-refractivity contribution in [1.82, 2.24) is 4.90 Å². The van der Waals surface area contributed by atoms with Crippen LogP contribution in [0.4, 0.5) is 0 Å². The molecule has 1 aromatic rings. The molecule has 1 aliphatic heterocycles. The van der Waals surface area contributed by atoms with E-state index in [4.69, 9.17) is 4.74 Å². The van der Waals surface area contributed by atoms with Gasteiger partial charge in [-0.25, -0.2) is 0 Å². The summed E-state index contributed by atoms with van der Waals surface area (Å²) in [7, 11) is 1.80. The smallest absolute Gasteiger partial charge is 0.119 e. The summed E-state index contributed by atoms with van der Waals surface area (Å²) >= 11 is 0. The molecular weight excluding hydrogens is 226 g/mol. The van der Waals surface area contributed by atoms with E-state index >= 15 is 0 Å². The van der Waals surface area contributed by atoms with Gasteiger partial charge in [-0.2, -0.15) is 0 Å². The maximum absolute atomic E-state index is 9.97. The molecule has 0 aromatic heterocycles. The third kappa shape index (κ3) is 2.02. The molecule has 0 amide bonds. The number of likely N-dealkylation sites (tertiary alicyclic amines) is 1. The molecule has 0 radical (unpaired) electrons. The molecule has 1 fully saturated rings. The second kappa shape index (κ2) is 4.90. The SMILES string of the molecule is COC1CCN(C2CCCc3c(O)cccc32)C1. The summed E-state index contributed by atoms with van der Waals surface area (Å²) in [4.78, 5) is 2.52. The number of rotatable bonds is 2. The fourth-order valence-corrected chi connectivity index (χ4v) is 3.41. The van der Waals surface area contributed by atoms with Crippen molar-refractivity contribution in [2.75, 3.05) is 20.2 Å². The molecule has 1 aromatic carbocycles. The maximum atomic E-state index is 9.97. The van der Waals surface area contributed by atoms with Crippen LogP contribution in [0.3, 0.4) is 0 Å². The molecule has 2 aliphatic rings. The molecule has 1 N–H and O–H groups in total. The first-order valence-electron chi connectivity index (χ1n) is 6.87. The first-order valence-corrected chi connectivity index (χ1v) is 6.87. The van der Waals surface area contributed by atoms with E-state index in [1.807, 2.05) is 12.1 Å². The minimum atomic E-state index is 0.382. The predicted molar refractivity (Wildman–Crippen MR) is 70.8 cm³/mol.